The number of fused-ring (bicyclic) bond motifs is 2. The van der Waals surface area contributed by atoms with Crippen molar-refractivity contribution in [2.75, 3.05) is 12.5 Å². The van der Waals surface area contributed by atoms with Crippen LogP contribution in [0.3, 0.4) is 0 Å². The first-order valence-corrected chi connectivity index (χ1v) is 20.0. The van der Waals surface area contributed by atoms with Gasteiger partial charge in [-0.25, -0.2) is 0 Å². The van der Waals surface area contributed by atoms with Gasteiger partial charge in [0.1, 0.15) is 17.0 Å². The SMILES string of the molecule is CC(OC(=O)C(C)C)SC(=O)[C@@H]1N2C(=O)[C@@H](C(C)C)[C@H]2SC1(C)C.CCCCCCCC[S+]([O-])C(C)Cc1ccc2c(c1)OCO2. The van der Waals surface area contributed by atoms with Gasteiger partial charge in [-0.2, -0.15) is 0 Å². The van der Waals surface area contributed by atoms with Gasteiger partial charge in [0.25, 0.3) is 0 Å². The molecule has 2 fully saturated rings. The summed E-state index contributed by atoms with van der Waals surface area (Å²) in [5.74, 6) is 2.24. The van der Waals surface area contributed by atoms with Crippen LogP contribution >= 0.6 is 23.5 Å². The molecule has 1 aromatic rings. The number of esters is 1. The molecule has 3 unspecified atom stereocenters. The van der Waals surface area contributed by atoms with Crippen LogP contribution < -0.4 is 9.47 Å². The topological polar surface area (TPSA) is 105 Å². The van der Waals surface area contributed by atoms with Crippen LogP contribution in [0.5, 0.6) is 11.5 Å². The van der Waals surface area contributed by atoms with Crippen molar-refractivity contribution in [3.05, 3.63) is 23.8 Å². The summed E-state index contributed by atoms with van der Waals surface area (Å²) in [6.45, 7) is 17.9. The Morgan fingerprint density at radius 3 is 2.37 bits per heavy atom. The van der Waals surface area contributed by atoms with E-state index in [2.05, 4.69) is 13.8 Å². The van der Waals surface area contributed by atoms with E-state index >= 15 is 0 Å². The molecular weight excluding hydrogens is 643 g/mol. The predicted octanol–water partition coefficient (Wildman–Crippen LogP) is 7.58. The molecule has 0 aliphatic carbocycles. The second kappa shape index (κ2) is 17.7. The van der Waals surface area contributed by atoms with E-state index in [1.165, 1.54) is 37.7 Å². The number of ether oxygens (including phenoxy) is 3. The number of hydrogen-bond acceptors (Lipinski definition) is 9. The summed E-state index contributed by atoms with van der Waals surface area (Å²) < 4.78 is 28.0. The fourth-order valence-electron chi connectivity index (χ4n) is 5.91. The molecular formula is C35H55NO7S3. The normalized spacial score (nSPS) is 22.9. The molecule has 0 radical (unpaired) electrons. The zero-order valence-electron chi connectivity index (χ0n) is 29.2. The minimum absolute atomic E-state index is 0.00623. The van der Waals surface area contributed by atoms with Crippen LogP contribution in [0.15, 0.2) is 18.2 Å². The smallest absolute Gasteiger partial charge is 0.309 e. The number of unbranched alkanes of at least 4 members (excludes halogenated alkanes) is 5. The molecule has 8 nitrogen and oxygen atoms in total. The van der Waals surface area contributed by atoms with E-state index in [-0.39, 0.29) is 50.1 Å². The molecule has 0 spiro atoms. The Hall–Kier alpha value is -1.56. The van der Waals surface area contributed by atoms with Crippen LogP contribution in [-0.2, 0) is 36.7 Å². The number of rotatable bonds is 15. The molecule has 0 bridgehead atoms. The van der Waals surface area contributed by atoms with E-state index in [1.54, 1.807) is 37.4 Å². The number of benzene rings is 1. The van der Waals surface area contributed by atoms with Gasteiger partial charge in [0.05, 0.1) is 17.2 Å². The molecule has 0 saturated carbocycles. The number of carbonyl (C=O) groups excluding carboxylic acids is 3. The predicted molar refractivity (Wildman–Crippen MR) is 190 cm³/mol. The Morgan fingerprint density at radius 2 is 1.72 bits per heavy atom. The van der Waals surface area contributed by atoms with E-state index in [1.807, 2.05) is 45.9 Å². The van der Waals surface area contributed by atoms with Gasteiger partial charge in [-0.3, -0.25) is 14.4 Å². The minimum Gasteiger partial charge on any atom is -0.616 e. The number of amides is 1. The molecule has 1 amide bonds. The van der Waals surface area contributed by atoms with Gasteiger partial charge >= 0.3 is 5.97 Å². The van der Waals surface area contributed by atoms with Crippen LogP contribution in [0.4, 0.5) is 0 Å². The Balaban J connectivity index is 0.000000251. The van der Waals surface area contributed by atoms with Gasteiger partial charge in [0.15, 0.2) is 16.9 Å². The second-order valence-corrected chi connectivity index (χ2v) is 18.7. The van der Waals surface area contributed by atoms with Crippen molar-refractivity contribution in [3.8, 4) is 11.5 Å². The lowest BCUT2D eigenvalue weighted by Crippen LogP contribution is -2.63. The van der Waals surface area contributed by atoms with Crippen molar-refractivity contribution < 1.29 is 33.1 Å². The Morgan fingerprint density at radius 1 is 1.07 bits per heavy atom. The van der Waals surface area contributed by atoms with Gasteiger partial charge in [-0.05, 0) is 75.9 Å². The van der Waals surface area contributed by atoms with Crippen LogP contribution in [0.1, 0.15) is 106 Å². The number of nitrogens with zero attached hydrogens (tertiary/aromatic N) is 1. The fraction of sp³-hybridized carbons (Fsp3) is 0.743. The van der Waals surface area contributed by atoms with E-state index in [0.29, 0.717) is 6.79 Å². The van der Waals surface area contributed by atoms with E-state index in [4.69, 9.17) is 14.2 Å². The van der Waals surface area contributed by atoms with Crippen molar-refractivity contribution >= 4 is 51.7 Å². The van der Waals surface area contributed by atoms with E-state index in [9.17, 15) is 18.9 Å². The average molecular weight is 698 g/mol. The average Bonchev–Trinajstić information content (AvgIpc) is 3.53. The third kappa shape index (κ3) is 10.2. The Bertz CT molecular complexity index is 1180. The number of thioether (sulfide) groups is 2. The first-order valence-electron chi connectivity index (χ1n) is 16.8. The molecule has 0 N–H and O–H groups in total. The van der Waals surface area contributed by atoms with Crippen molar-refractivity contribution in [1.29, 1.82) is 0 Å². The molecule has 3 heterocycles. The Kier molecular flexibility index (Phi) is 15.0. The summed E-state index contributed by atoms with van der Waals surface area (Å²) in [6, 6.07) is 5.54. The van der Waals surface area contributed by atoms with Gasteiger partial charge in [-0.15, -0.1) is 11.8 Å². The highest BCUT2D eigenvalue weighted by atomic mass is 32.2. The first-order chi connectivity index (χ1) is 21.7. The van der Waals surface area contributed by atoms with Crippen molar-refractivity contribution in [3.63, 3.8) is 0 Å². The fourth-order valence-corrected chi connectivity index (χ4v) is 10.1. The van der Waals surface area contributed by atoms with Crippen molar-refractivity contribution in [2.24, 2.45) is 17.8 Å². The van der Waals surface area contributed by atoms with Crippen LogP contribution in [0.25, 0.3) is 0 Å². The maximum Gasteiger partial charge on any atom is 0.309 e. The lowest BCUT2D eigenvalue weighted by atomic mass is 9.84. The largest absolute Gasteiger partial charge is 0.616 e. The summed E-state index contributed by atoms with van der Waals surface area (Å²) in [4.78, 5) is 38.7. The summed E-state index contributed by atoms with van der Waals surface area (Å²) in [5, 5.41) is 0.168. The number of β-lactam (4-membered cyclic amide) rings is 1. The molecule has 6 atom stereocenters. The summed E-state index contributed by atoms with van der Waals surface area (Å²) in [6.07, 6.45) is 8.32. The third-order valence-corrected chi connectivity index (χ3v) is 12.8. The first kappa shape index (κ1) is 38.9. The summed E-state index contributed by atoms with van der Waals surface area (Å²) >= 11 is 1.97. The highest BCUT2D eigenvalue weighted by Gasteiger charge is 2.63. The number of carbonyl (C=O) groups is 3. The molecule has 46 heavy (non-hydrogen) atoms. The highest BCUT2D eigenvalue weighted by Crippen LogP contribution is 2.55. The zero-order valence-corrected chi connectivity index (χ0v) is 31.6. The van der Waals surface area contributed by atoms with Crippen LogP contribution in [0, 0.1) is 17.8 Å². The lowest BCUT2D eigenvalue weighted by molar-refractivity contribution is -0.158. The molecule has 1 aromatic carbocycles. The molecule has 11 heteroatoms. The maximum absolute atomic E-state index is 12.8. The van der Waals surface area contributed by atoms with E-state index in [0.717, 1.165) is 41.9 Å². The standard InChI is InChI=1S/C18H28O3S.C17H27NO4S2/c1-3-4-5-6-7-8-11-22(19)15(2)12-16-9-10-17-18(13-16)21-14-20-17;1-8(2)11-13(19)18-12(17(6,7)24-14(11)18)16(21)23-10(5)22-15(20)9(3)4/h9-10,13,15H,3-8,11-12,14H2,1-2H3;8-12,14H,1-7H3/t;10?,11-,12+,14-/m.1/s1. The van der Waals surface area contributed by atoms with Gasteiger partial charge in [-0.1, -0.05) is 77.5 Å². The molecule has 3 aliphatic rings. The van der Waals surface area contributed by atoms with Crippen molar-refractivity contribution in [2.45, 2.75) is 134 Å². The quantitative estimate of drug-likeness (QED) is 0.0603. The minimum atomic E-state index is -0.743. The van der Waals surface area contributed by atoms with Crippen molar-refractivity contribution in [1.82, 2.24) is 4.90 Å². The molecule has 3 aliphatic heterocycles. The van der Waals surface area contributed by atoms with Gasteiger partial charge < -0.3 is 23.7 Å². The van der Waals surface area contributed by atoms with Gasteiger partial charge in [0, 0.05) is 11.2 Å². The Labute approximate surface area is 288 Å². The molecule has 260 valence electrons. The van der Waals surface area contributed by atoms with Crippen LogP contribution in [-0.4, -0.2) is 65.8 Å². The molecule has 2 saturated heterocycles. The third-order valence-electron chi connectivity index (χ3n) is 8.57. The maximum atomic E-state index is 12.8. The second-order valence-electron chi connectivity index (χ2n) is 13.7. The van der Waals surface area contributed by atoms with E-state index < -0.39 is 22.7 Å². The monoisotopic (exact) mass is 697 g/mol. The summed E-state index contributed by atoms with van der Waals surface area (Å²) in [7, 11) is 0. The van der Waals surface area contributed by atoms with Crippen LogP contribution in [0.2, 0.25) is 0 Å². The number of hydrogen-bond donors (Lipinski definition) is 0. The molecule has 4 rings (SSSR count). The molecule has 0 aromatic heterocycles. The van der Waals surface area contributed by atoms with Gasteiger partial charge in [0.2, 0.25) is 17.8 Å². The summed E-state index contributed by atoms with van der Waals surface area (Å²) in [5.41, 5.74) is 0.623. The highest BCUT2D eigenvalue weighted by molar-refractivity contribution is 8.14. The lowest BCUT2D eigenvalue weighted by Gasteiger charge is -2.46. The zero-order chi connectivity index (χ0) is 34.2.